The number of rotatable bonds is 6. The van der Waals surface area contributed by atoms with Gasteiger partial charge < -0.3 is 0 Å². The largest absolute Gasteiger partial charge is 0.294 e. The van der Waals surface area contributed by atoms with Crippen molar-refractivity contribution in [1.82, 2.24) is 0 Å². The number of carbonyl (C=O) groups is 1. The highest BCUT2D eigenvalue weighted by Crippen LogP contribution is 2.28. The second-order valence-electron chi connectivity index (χ2n) is 4.38. The quantitative estimate of drug-likeness (QED) is 0.485. The smallest absolute Gasteiger partial charge is 0.168 e. The van der Waals surface area contributed by atoms with Crippen LogP contribution in [0.1, 0.15) is 49.9 Å². The van der Waals surface area contributed by atoms with Gasteiger partial charge in [0.2, 0.25) is 0 Å². The van der Waals surface area contributed by atoms with Crippen molar-refractivity contribution in [3.8, 4) is 0 Å². The molecule has 0 spiro atoms. The van der Waals surface area contributed by atoms with Crippen molar-refractivity contribution in [2.45, 2.75) is 39.5 Å². The van der Waals surface area contributed by atoms with Gasteiger partial charge in [0, 0.05) is 10.4 Å². The molecule has 0 aliphatic heterocycles. The summed E-state index contributed by atoms with van der Waals surface area (Å²) in [5.41, 5.74) is 0.107. The van der Waals surface area contributed by atoms with Crippen LogP contribution in [0.25, 0.3) is 0 Å². The second kappa shape index (κ2) is 7.25. The summed E-state index contributed by atoms with van der Waals surface area (Å²) in [4.78, 5) is 12.3. The Bertz CT molecular complexity index is 428. The summed E-state index contributed by atoms with van der Waals surface area (Å²) in [5.74, 6) is -0.745. The average molecular weight is 336 g/mol. The van der Waals surface area contributed by atoms with Crippen LogP contribution < -0.4 is 0 Å². The van der Waals surface area contributed by atoms with Crippen molar-refractivity contribution in [1.29, 1.82) is 0 Å². The van der Waals surface area contributed by atoms with Crippen molar-refractivity contribution in [3.05, 3.63) is 33.0 Å². The summed E-state index contributed by atoms with van der Waals surface area (Å²) in [6, 6.07) is 2.67. The molecule has 0 N–H and O–H groups in total. The molecule has 0 fully saturated rings. The highest BCUT2D eigenvalue weighted by atomic mass is 79.9. The standard InChI is InChI=1S/C14H17BrClFO/c1-3-5-9(6-4-2)14(18)10-7-12(16)11(15)8-13(10)17/h7-9H,3-6H2,1-2H3. The van der Waals surface area contributed by atoms with Gasteiger partial charge in [0.15, 0.2) is 5.78 Å². The lowest BCUT2D eigenvalue weighted by molar-refractivity contribution is 0.0900. The molecule has 0 radical (unpaired) electrons. The molecule has 0 aromatic heterocycles. The molecular weight excluding hydrogens is 319 g/mol. The predicted molar refractivity (Wildman–Crippen MR) is 76.7 cm³/mol. The van der Waals surface area contributed by atoms with Crippen LogP contribution in [0.5, 0.6) is 0 Å². The van der Waals surface area contributed by atoms with E-state index in [1.807, 2.05) is 13.8 Å². The highest BCUT2D eigenvalue weighted by molar-refractivity contribution is 9.10. The lowest BCUT2D eigenvalue weighted by Crippen LogP contribution is -2.16. The van der Waals surface area contributed by atoms with Crippen LogP contribution in [0.15, 0.2) is 16.6 Å². The van der Waals surface area contributed by atoms with E-state index in [0.29, 0.717) is 9.50 Å². The number of hydrogen-bond donors (Lipinski definition) is 0. The molecule has 0 atom stereocenters. The zero-order valence-electron chi connectivity index (χ0n) is 10.6. The molecule has 0 amide bonds. The Balaban J connectivity index is 3.04. The zero-order valence-corrected chi connectivity index (χ0v) is 12.9. The number of halogens is 3. The zero-order chi connectivity index (χ0) is 13.7. The van der Waals surface area contributed by atoms with Crippen LogP contribution in [0.2, 0.25) is 5.02 Å². The normalized spacial score (nSPS) is 11.0. The maximum Gasteiger partial charge on any atom is 0.168 e. The van der Waals surface area contributed by atoms with Gasteiger partial charge in [-0.2, -0.15) is 0 Å². The Morgan fingerprint density at radius 3 is 2.39 bits per heavy atom. The molecule has 1 aromatic rings. The fraction of sp³-hybridized carbons (Fsp3) is 0.500. The van der Waals surface area contributed by atoms with E-state index in [9.17, 15) is 9.18 Å². The van der Waals surface area contributed by atoms with Crippen molar-refractivity contribution in [2.24, 2.45) is 5.92 Å². The molecule has 1 rings (SSSR count). The summed E-state index contributed by atoms with van der Waals surface area (Å²) in [6.07, 6.45) is 3.42. The Labute approximate surface area is 121 Å². The highest BCUT2D eigenvalue weighted by Gasteiger charge is 2.22. The molecule has 100 valence electrons. The summed E-state index contributed by atoms with van der Waals surface area (Å²) >= 11 is 9.07. The molecule has 0 saturated carbocycles. The van der Waals surface area contributed by atoms with E-state index in [2.05, 4.69) is 15.9 Å². The predicted octanol–water partition coefficient (Wildman–Crippen LogP) is 5.64. The summed E-state index contributed by atoms with van der Waals surface area (Å²) in [5, 5.41) is 0.367. The molecule has 0 heterocycles. The third-order valence-corrected chi connectivity index (χ3v) is 4.12. The van der Waals surface area contributed by atoms with Crippen molar-refractivity contribution in [2.75, 3.05) is 0 Å². The van der Waals surface area contributed by atoms with Crippen LogP contribution in [-0.4, -0.2) is 5.78 Å². The molecule has 18 heavy (non-hydrogen) atoms. The van der Waals surface area contributed by atoms with Gasteiger partial charge in [-0.3, -0.25) is 4.79 Å². The van der Waals surface area contributed by atoms with Gasteiger partial charge >= 0.3 is 0 Å². The van der Waals surface area contributed by atoms with Gasteiger partial charge in [-0.1, -0.05) is 38.3 Å². The lowest BCUT2D eigenvalue weighted by Gasteiger charge is -2.15. The Morgan fingerprint density at radius 2 is 1.89 bits per heavy atom. The average Bonchev–Trinajstić information content (AvgIpc) is 2.33. The van der Waals surface area contributed by atoms with E-state index in [1.54, 1.807) is 0 Å². The fourth-order valence-corrected chi connectivity index (χ4v) is 2.51. The van der Waals surface area contributed by atoms with E-state index >= 15 is 0 Å². The Hall–Kier alpha value is -0.410. The van der Waals surface area contributed by atoms with Crippen molar-refractivity contribution < 1.29 is 9.18 Å². The third kappa shape index (κ3) is 3.79. The number of hydrogen-bond acceptors (Lipinski definition) is 1. The van der Waals surface area contributed by atoms with Crippen LogP contribution in [-0.2, 0) is 0 Å². The van der Waals surface area contributed by atoms with Crippen LogP contribution in [0.3, 0.4) is 0 Å². The first kappa shape index (κ1) is 15.6. The monoisotopic (exact) mass is 334 g/mol. The number of carbonyl (C=O) groups excluding carboxylic acids is 1. The van der Waals surface area contributed by atoms with E-state index in [0.717, 1.165) is 25.7 Å². The van der Waals surface area contributed by atoms with Gasteiger partial charge in [0.25, 0.3) is 0 Å². The van der Waals surface area contributed by atoms with Gasteiger partial charge in [-0.05, 0) is 40.9 Å². The van der Waals surface area contributed by atoms with E-state index < -0.39 is 5.82 Å². The minimum atomic E-state index is -0.506. The molecule has 0 unspecified atom stereocenters. The summed E-state index contributed by atoms with van der Waals surface area (Å²) in [6.45, 7) is 4.06. The second-order valence-corrected chi connectivity index (χ2v) is 5.65. The van der Waals surface area contributed by atoms with Crippen LogP contribution >= 0.6 is 27.5 Å². The first-order valence-corrected chi connectivity index (χ1v) is 7.37. The molecule has 0 aliphatic rings. The molecule has 4 heteroatoms. The lowest BCUT2D eigenvalue weighted by atomic mass is 9.89. The van der Waals surface area contributed by atoms with Gasteiger partial charge in [-0.25, -0.2) is 4.39 Å². The maximum atomic E-state index is 13.8. The van der Waals surface area contributed by atoms with Gasteiger partial charge in [0.1, 0.15) is 5.82 Å². The van der Waals surface area contributed by atoms with Crippen LogP contribution in [0, 0.1) is 11.7 Å². The SMILES string of the molecule is CCCC(CCC)C(=O)c1cc(Cl)c(Br)cc1F. The fourth-order valence-electron chi connectivity index (χ4n) is 2.03. The van der Waals surface area contributed by atoms with Gasteiger partial charge in [-0.15, -0.1) is 0 Å². The minimum Gasteiger partial charge on any atom is -0.294 e. The van der Waals surface area contributed by atoms with E-state index in [-0.39, 0.29) is 17.3 Å². The van der Waals surface area contributed by atoms with Crippen molar-refractivity contribution in [3.63, 3.8) is 0 Å². The first-order valence-electron chi connectivity index (χ1n) is 6.20. The Morgan fingerprint density at radius 1 is 1.33 bits per heavy atom. The molecule has 0 bridgehead atoms. The number of ketones is 1. The molecular formula is C14H17BrClFO. The van der Waals surface area contributed by atoms with E-state index in [1.165, 1.54) is 12.1 Å². The van der Waals surface area contributed by atoms with Crippen molar-refractivity contribution >= 4 is 33.3 Å². The number of benzene rings is 1. The molecule has 1 nitrogen and oxygen atoms in total. The molecule has 0 aliphatic carbocycles. The molecule has 1 aromatic carbocycles. The van der Waals surface area contributed by atoms with Crippen LogP contribution in [0.4, 0.5) is 4.39 Å². The number of Topliss-reactive ketones (excluding diaryl/α,β-unsaturated/α-hetero) is 1. The summed E-state index contributed by atoms with van der Waals surface area (Å²) < 4.78 is 14.3. The minimum absolute atomic E-state index is 0.105. The topological polar surface area (TPSA) is 17.1 Å². The first-order chi connectivity index (χ1) is 8.51. The third-order valence-electron chi connectivity index (χ3n) is 2.92. The van der Waals surface area contributed by atoms with Gasteiger partial charge in [0.05, 0.1) is 10.6 Å². The maximum absolute atomic E-state index is 13.8. The summed E-state index contributed by atoms with van der Waals surface area (Å²) in [7, 11) is 0. The Kier molecular flexibility index (Phi) is 6.30. The van der Waals surface area contributed by atoms with E-state index in [4.69, 9.17) is 11.6 Å². The molecule has 0 saturated heterocycles.